The van der Waals surface area contributed by atoms with Crippen LogP contribution in [0, 0.1) is 11.8 Å². The van der Waals surface area contributed by atoms with Crippen LogP contribution in [0.5, 0.6) is 11.5 Å². The molecular weight excluding hydrogens is 585 g/mol. The summed E-state index contributed by atoms with van der Waals surface area (Å²) >= 11 is 0. The van der Waals surface area contributed by atoms with Crippen molar-refractivity contribution < 1.29 is 9.47 Å². The highest BCUT2D eigenvalue weighted by Crippen LogP contribution is 2.38. The van der Waals surface area contributed by atoms with Crippen molar-refractivity contribution in [2.24, 2.45) is 11.8 Å². The molecule has 2 unspecified atom stereocenters. The van der Waals surface area contributed by atoms with E-state index in [1.165, 1.54) is 86.5 Å². The zero-order valence-electron chi connectivity index (χ0n) is 29.3. The Balaban J connectivity index is 0.000000188. The van der Waals surface area contributed by atoms with Crippen LogP contribution in [0.15, 0.2) is 133 Å². The van der Waals surface area contributed by atoms with Gasteiger partial charge in [-0.3, -0.25) is 0 Å². The van der Waals surface area contributed by atoms with Crippen LogP contribution in [0.1, 0.15) is 112 Å². The Labute approximate surface area is 290 Å². The van der Waals surface area contributed by atoms with Crippen LogP contribution in [0.25, 0.3) is 0 Å². The fraction of sp³-hybridized carbons (Fsp3) is 0.391. The minimum atomic E-state index is 0.554. The molecule has 2 heteroatoms. The van der Waals surface area contributed by atoms with E-state index in [0.717, 1.165) is 23.3 Å². The Morgan fingerprint density at radius 3 is 1.17 bits per heavy atom. The van der Waals surface area contributed by atoms with Crippen LogP contribution in [-0.4, -0.2) is 0 Å². The molecule has 0 amide bonds. The van der Waals surface area contributed by atoms with Gasteiger partial charge in [-0.05, 0) is 97.9 Å². The summed E-state index contributed by atoms with van der Waals surface area (Å²) in [4.78, 5) is 0. The van der Waals surface area contributed by atoms with Gasteiger partial charge < -0.3 is 9.47 Å². The first kappa shape index (κ1) is 35.3. The lowest BCUT2D eigenvalue weighted by atomic mass is 9.76. The van der Waals surface area contributed by atoms with Gasteiger partial charge in [0.2, 0.25) is 0 Å². The van der Waals surface area contributed by atoms with Gasteiger partial charge in [-0.15, -0.1) is 0 Å². The Morgan fingerprint density at radius 1 is 0.479 bits per heavy atom. The monoisotopic (exact) mass is 640 g/mol. The maximum absolute atomic E-state index is 5.91. The summed E-state index contributed by atoms with van der Waals surface area (Å²) in [6.07, 6.45) is 23.0. The summed E-state index contributed by atoms with van der Waals surface area (Å²) in [5.74, 6) is 4.60. The zero-order chi connectivity index (χ0) is 33.2. The number of hydrogen-bond donors (Lipinski definition) is 0. The Morgan fingerprint density at radius 2 is 0.833 bits per heavy atom. The molecule has 252 valence electrons. The highest BCUT2D eigenvalue weighted by atomic mass is 16.5. The van der Waals surface area contributed by atoms with E-state index < -0.39 is 0 Å². The summed E-state index contributed by atoms with van der Waals surface area (Å²) in [5.41, 5.74) is 5.25. The maximum atomic E-state index is 5.91. The lowest BCUT2D eigenvalue weighted by molar-refractivity contribution is 0.305. The molecule has 4 aromatic rings. The van der Waals surface area contributed by atoms with Crippen LogP contribution in [0.2, 0.25) is 0 Å². The van der Waals surface area contributed by atoms with Crippen molar-refractivity contribution >= 4 is 0 Å². The maximum Gasteiger partial charge on any atom is 0.119 e. The first-order valence-corrected chi connectivity index (χ1v) is 18.5. The molecule has 2 saturated carbocycles. The third-order valence-corrected chi connectivity index (χ3v) is 10.1. The predicted octanol–water partition coefficient (Wildman–Crippen LogP) is 13.0. The van der Waals surface area contributed by atoms with Crippen molar-refractivity contribution in [1.82, 2.24) is 0 Å². The molecule has 2 fully saturated rings. The molecule has 2 aliphatic carbocycles. The molecule has 4 aromatic carbocycles. The Bertz CT molecular complexity index is 1360. The minimum Gasteiger partial charge on any atom is -0.489 e. The molecular formula is C46H56O2. The second-order valence-corrected chi connectivity index (χ2v) is 13.6. The standard InChI is InChI=1S/2C23H28O/c2*1-2-9-23(20-12-7-4-8-13-20)21-14-16-22(17-15-21)24-18-19-10-5-3-6-11-19/h2*2-3,5-6,9-11,14-17,20,23H,4,7-8,12-13,18H2,1H3. The van der Waals surface area contributed by atoms with Crippen molar-refractivity contribution in [3.8, 4) is 11.5 Å². The van der Waals surface area contributed by atoms with Crippen molar-refractivity contribution in [3.05, 3.63) is 156 Å². The van der Waals surface area contributed by atoms with Crippen LogP contribution < -0.4 is 9.47 Å². The number of hydrogen-bond acceptors (Lipinski definition) is 2. The van der Waals surface area contributed by atoms with Crippen molar-refractivity contribution in [1.29, 1.82) is 0 Å². The molecule has 2 aliphatic rings. The highest BCUT2D eigenvalue weighted by Gasteiger charge is 2.24. The third kappa shape index (κ3) is 11.0. The predicted molar refractivity (Wildman–Crippen MR) is 203 cm³/mol. The summed E-state index contributed by atoms with van der Waals surface area (Å²) in [7, 11) is 0. The normalized spacial score (nSPS) is 17.0. The van der Waals surface area contributed by atoms with Gasteiger partial charge >= 0.3 is 0 Å². The number of ether oxygens (including phenoxy) is 2. The highest BCUT2D eigenvalue weighted by molar-refractivity contribution is 5.34. The van der Waals surface area contributed by atoms with Gasteiger partial charge in [0.1, 0.15) is 24.7 Å². The average molecular weight is 641 g/mol. The summed E-state index contributed by atoms with van der Waals surface area (Å²) in [6.45, 7) is 5.52. The van der Waals surface area contributed by atoms with Crippen LogP contribution in [0.4, 0.5) is 0 Å². The molecule has 0 bridgehead atoms. The topological polar surface area (TPSA) is 18.5 Å². The second kappa shape index (κ2) is 19.7. The van der Waals surface area contributed by atoms with E-state index in [1.54, 1.807) is 0 Å². The zero-order valence-corrected chi connectivity index (χ0v) is 29.3. The first-order chi connectivity index (χ1) is 23.7. The summed E-state index contributed by atoms with van der Waals surface area (Å²) in [6, 6.07) is 38.1. The fourth-order valence-corrected chi connectivity index (χ4v) is 7.54. The van der Waals surface area contributed by atoms with Gasteiger partial charge in [0.15, 0.2) is 0 Å². The summed E-state index contributed by atoms with van der Waals surface area (Å²) < 4.78 is 11.8. The average Bonchev–Trinajstić information content (AvgIpc) is 3.17. The molecule has 0 spiro atoms. The van der Waals surface area contributed by atoms with Gasteiger partial charge in [0, 0.05) is 11.8 Å². The largest absolute Gasteiger partial charge is 0.489 e. The fourth-order valence-electron chi connectivity index (χ4n) is 7.54. The van der Waals surface area contributed by atoms with E-state index in [2.05, 4.69) is 111 Å². The van der Waals surface area contributed by atoms with E-state index >= 15 is 0 Å². The molecule has 0 aliphatic heterocycles. The SMILES string of the molecule is CC=CC(c1ccc(OCc2ccccc2)cc1)C1CCCCC1.CC=CC(c1ccc(OCc2ccccc2)cc1)C1CCCCC1. The molecule has 2 atom stereocenters. The number of allylic oxidation sites excluding steroid dienone is 4. The van der Waals surface area contributed by atoms with E-state index in [-0.39, 0.29) is 0 Å². The molecule has 0 aromatic heterocycles. The van der Waals surface area contributed by atoms with E-state index in [0.29, 0.717) is 25.0 Å². The number of rotatable bonds is 12. The van der Waals surface area contributed by atoms with E-state index in [1.807, 2.05) is 36.4 Å². The molecule has 6 rings (SSSR count). The second-order valence-electron chi connectivity index (χ2n) is 13.6. The van der Waals surface area contributed by atoms with Gasteiger partial charge in [-0.25, -0.2) is 0 Å². The lowest BCUT2D eigenvalue weighted by Crippen LogP contribution is -2.14. The quantitative estimate of drug-likeness (QED) is 0.143. The van der Waals surface area contributed by atoms with Gasteiger partial charge in [0.05, 0.1) is 0 Å². The van der Waals surface area contributed by atoms with Crippen molar-refractivity contribution in [2.75, 3.05) is 0 Å². The van der Waals surface area contributed by atoms with Gasteiger partial charge in [-0.2, -0.15) is 0 Å². The van der Waals surface area contributed by atoms with E-state index in [9.17, 15) is 0 Å². The summed E-state index contributed by atoms with van der Waals surface area (Å²) in [5, 5.41) is 0. The molecule has 0 radical (unpaired) electrons. The van der Waals surface area contributed by atoms with Crippen LogP contribution in [-0.2, 0) is 13.2 Å². The van der Waals surface area contributed by atoms with Gasteiger partial charge in [0.25, 0.3) is 0 Å². The first-order valence-electron chi connectivity index (χ1n) is 18.5. The van der Waals surface area contributed by atoms with Crippen molar-refractivity contribution in [3.63, 3.8) is 0 Å². The van der Waals surface area contributed by atoms with E-state index in [4.69, 9.17) is 9.47 Å². The lowest BCUT2D eigenvalue weighted by Gasteiger charge is -2.28. The third-order valence-electron chi connectivity index (χ3n) is 10.1. The molecule has 48 heavy (non-hydrogen) atoms. The Hall–Kier alpha value is -4.04. The molecule has 0 heterocycles. The Kier molecular flexibility index (Phi) is 14.5. The molecule has 0 N–H and O–H groups in total. The number of benzene rings is 4. The van der Waals surface area contributed by atoms with Crippen LogP contribution >= 0.6 is 0 Å². The minimum absolute atomic E-state index is 0.554. The smallest absolute Gasteiger partial charge is 0.119 e. The van der Waals surface area contributed by atoms with Crippen LogP contribution in [0.3, 0.4) is 0 Å². The molecule has 2 nitrogen and oxygen atoms in total. The molecule has 0 saturated heterocycles. The van der Waals surface area contributed by atoms with Crippen molar-refractivity contribution in [2.45, 2.75) is 103 Å². The van der Waals surface area contributed by atoms with Gasteiger partial charge in [-0.1, -0.05) is 148 Å².